The van der Waals surface area contributed by atoms with Crippen molar-refractivity contribution in [3.05, 3.63) is 82.4 Å². The number of hydrogen-bond acceptors (Lipinski definition) is 8. The number of Topliss-reactive ketones (excluding diaryl/α,β-unsaturated/α-hetero) is 1. The first-order chi connectivity index (χ1) is 19.4. The first-order valence-electron chi connectivity index (χ1n) is 13.2. The number of carbonyl (C=O) groups excluding carboxylic acids is 2. The third-order valence-corrected chi connectivity index (χ3v) is 7.93. The molecule has 2 aliphatic heterocycles. The number of hydrogen-bond donors (Lipinski definition) is 1. The fourth-order valence-corrected chi connectivity index (χ4v) is 6.32. The SMILES string of the molecule is CCCOc1cccc([C@H]2C(=C(O)c3ccc4c(c3)OCCO4)C(=O)C(=O)N2c2nc3c(C)cc(C)cc3s2)c1. The lowest BCUT2D eigenvalue weighted by atomic mass is 9.95. The van der Waals surface area contributed by atoms with Crippen LogP contribution in [0.25, 0.3) is 16.0 Å². The molecule has 9 heteroatoms. The Labute approximate surface area is 235 Å². The number of thiazole rings is 1. The van der Waals surface area contributed by atoms with Crippen LogP contribution in [0.3, 0.4) is 0 Å². The minimum Gasteiger partial charge on any atom is -0.507 e. The number of aliphatic hydroxyl groups excluding tert-OH is 1. The molecule has 0 radical (unpaired) electrons. The number of aryl methyl sites for hydroxylation is 2. The zero-order valence-corrected chi connectivity index (χ0v) is 23.2. The van der Waals surface area contributed by atoms with Crippen molar-refractivity contribution in [1.82, 2.24) is 4.98 Å². The molecule has 3 heterocycles. The fourth-order valence-electron chi connectivity index (χ4n) is 5.15. The van der Waals surface area contributed by atoms with Gasteiger partial charge >= 0.3 is 5.91 Å². The van der Waals surface area contributed by atoms with E-state index in [1.54, 1.807) is 24.3 Å². The van der Waals surface area contributed by atoms with Crippen molar-refractivity contribution in [1.29, 1.82) is 0 Å². The molecule has 1 aromatic heterocycles. The highest BCUT2D eigenvalue weighted by Crippen LogP contribution is 2.46. The Morgan fingerprint density at radius 1 is 1.07 bits per heavy atom. The summed E-state index contributed by atoms with van der Waals surface area (Å²) in [6.07, 6.45) is 0.831. The van der Waals surface area contributed by atoms with Gasteiger partial charge in [-0.25, -0.2) is 4.98 Å². The molecule has 1 N–H and O–H groups in total. The van der Waals surface area contributed by atoms with Gasteiger partial charge in [0, 0.05) is 5.56 Å². The Bertz CT molecular complexity index is 1690. The van der Waals surface area contributed by atoms with E-state index in [1.807, 2.05) is 51.1 Å². The van der Waals surface area contributed by atoms with Gasteiger partial charge in [0.2, 0.25) is 0 Å². The molecule has 0 bridgehead atoms. The normalized spacial score (nSPS) is 18.0. The Kier molecular flexibility index (Phi) is 6.67. The number of ketones is 1. The van der Waals surface area contributed by atoms with Gasteiger partial charge in [0.25, 0.3) is 5.78 Å². The van der Waals surface area contributed by atoms with Crippen molar-refractivity contribution < 1.29 is 28.9 Å². The van der Waals surface area contributed by atoms with Gasteiger partial charge in [-0.15, -0.1) is 0 Å². The summed E-state index contributed by atoms with van der Waals surface area (Å²) < 4.78 is 18.1. The molecule has 40 heavy (non-hydrogen) atoms. The van der Waals surface area contributed by atoms with Gasteiger partial charge in [-0.05, 0) is 73.4 Å². The molecule has 1 saturated heterocycles. The largest absolute Gasteiger partial charge is 0.507 e. The first-order valence-corrected chi connectivity index (χ1v) is 14.0. The van der Waals surface area contributed by atoms with Gasteiger partial charge in [0.15, 0.2) is 16.6 Å². The van der Waals surface area contributed by atoms with E-state index in [1.165, 1.54) is 16.2 Å². The Morgan fingerprint density at radius 3 is 2.67 bits per heavy atom. The lowest BCUT2D eigenvalue weighted by Crippen LogP contribution is -2.29. The van der Waals surface area contributed by atoms with Crippen molar-refractivity contribution in [2.45, 2.75) is 33.2 Å². The van der Waals surface area contributed by atoms with Crippen LogP contribution in [0.5, 0.6) is 17.2 Å². The molecule has 6 rings (SSSR count). The van der Waals surface area contributed by atoms with Gasteiger partial charge in [-0.3, -0.25) is 14.5 Å². The topological polar surface area (TPSA) is 98.2 Å². The molecule has 204 valence electrons. The van der Waals surface area contributed by atoms with E-state index in [0.717, 1.165) is 27.8 Å². The molecular weight excluding hydrogens is 528 g/mol. The summed E-state index contributed by atoms with van der Waals surface area (Å²) in [7, 11) is 0. The molecule has 0 spiro atoms. The number of anilines is 1. The average Bonchev–Trinajstić information content (AvgIpc) is 3.49. The molecule has 1 fully saturated rings. The molecule has 0 aliphatic carbocycles. The van der Waals surface area contributed by atoms with Crippen molar-refractivity contribution in [2.75, 3.05) is 24.7 Å². The van der Waals surface area contributed by atoms with Crippen LogP contribution in [0.2, 0.25) is 0 Å². The van der Waals surface area contributed by atoms with Gasteiger partial charge in [0.05, 0.1) is 28.4 Å². The second kappa shape index (κ2) is 10.3. The standard InChI is InChI=1S/C31H28N2O6S/c1-4-10-37-21-7-5-6-19(15-21)27-25(28(34)20-8-9-22-23(16-20)39-12-11-38-22)29(35)30(36)33(27)31-32-26-18(3)13-17(2)14-24(26)40-31/h5-9,13-16,27,34H,4,10-12H2,1-3H3/t27-/m0/s1. The Hall–Kier alpha value is -4.37. The molecule has 4 aromatic rings. The predicted octanol–water partition coefficient (Wildman–Crippen LogP) is 6.10. The van der Waals surface area contributed by atoms with E-state index in [2.05, 4.69) is 0 Å². The van der Waals surface area contributed by atoms with Gasteiger partial charge in [0.1, 0.15) is 24.7 Å². The highest BCUT2D eigenvalue weighted by molar-refractivity contribution is 7.22. The molecule has 8 nitrogen and oxygen atoms in total. The molecule has 3 aromatic carbocycles. The van der Waals surface area contributed by atoms with E-state index in [-0.39, 0.29) is 11.3 Å². The van der Waals surface area contributed by atoms with Crippen LogP contribution < -0.4 is 19.1 Å². The summed E-state index contributed by atoms with van der Waals surface area (Å²) in [5.41, 5.74) is 3.79. The van der Waals surface area contributed by atoms with E-state index in [4.69, 9.17) is 19.2 Å². The number of nitrogens with zero attached hydrogens (tertiary/aromatic N) is 2. The van der Waals surface area contributed by atoms with Crippen molar-refractivity contribution in [2.24, 2.45) is 0 Å². The number of carbonyl (C=O) groups is 2. The smallest absolute Gasteiger partial charge is 0.301 e. The number of fused-ring (bicyclic) bond motifs is 2. The van der Waals surface area contributed by atoms with Crippen LogP contribution in [0.15, 0.2) is 60.2 Å². The zero-order chi connectivity index (χ0) is 28.0. The summed E-state index contributed by atoms with van der Waals surface area (Å²) >= 11 is 1.34. The minimum absolute atomic E-state index is 0.0264. The lowest BCUT2D eigenvalue weighted by Gasteiger charge is -2.23. The molecular formula is C31H28N2O6S. The summed E-state index contributed by atoms with van der Waals surface area (Å²) in [6, 6.07) is 15.4. The molecule has 1 amide bonds. The van der Waals surface area contributed by atoms with Crippen LogP contribution in [0.1, 0.15) is 41.6 Å². The van der Waals surface area contributed by atoms with E-state index in [9.17, 15) is 14.7 Å². The molecule has 1 atom stereocenters. The summed E-state index contributed by atoms with van der Waals surface area (Å²) in [5, 5.41) is 12.0. The number of amides is 1. The monoisotopic (exact) mass is 556 g/mol. The second-order valence-electron chi connectivity index (χ2n) is 9.87. The fraction of sp³-hybridized carbons (Fsp3) is 0.258. The Balaban J connectivity index is 1.53. The average molecular weight is 557 g/mol. The van der Waals surface area contributed by atoms with Crippen LogP contribution >= 0.6 is 11.3 Å². The lowest BCUT2D eigenvalue weighted by molar-refractivity contribution is -0.132. The minimum atomic E-state index is -0.916. The third kappa shape index (κ3) is 4.46. The number of benzene rings is 3. The predicted molar refractivity (Wildman–Crippen MR) is 154 cm³/mol. The summed E-state index contributed by atoms with van der Waals surface area (Å²) in [6.45, 7) is 7.33. The third-order valence-electron chi connectivity index (χ3n) is 6.93. The highest BCUT2D eigenvalue weighted by atomic mass is 32.1. The molecule has 2 aliphatic rings. The van der Waals surface area contributed by atoms with Crippen molar-refractivity contribution >= 4 is 44.1 Å². The molecule has 0 unspecified atom stereocenters. The van der Waals surface area contributed by atoms with Crippen LogP contribution in [0, 0.1) is 13.8 Å². The number of rotatable bonds is 6. The van der Waals surface area contributed by atoms with Gasteiger partial charge < -0.3 is 19.3 Å². The van der Waals surface area contributed by atoms with Crippen LogP contribution in [-0.4, -0.2) is 41.6 Å². The summed E-state index contributed by atoms with van der Waals surface area (Å²) in [5.74, 6) is -0.202. The molecule has 0 saturated carbocycles. The quantitative estimate of drug-likeness (QED) is 0.174. The highest BCUT2D eigenvalue weighted by Gasteiger charge is 2.48. The first kappa shape index (κ1) is 25.9. The van der Waals surface area contributed by atoms with Crippen LogP contribution in [-0.2, 0) is 9.59 Å². The summed E-state index contributed by atoms with van der Waals surface area (Å²) in [4.78, 5) is 33.5. The zero-order valence-electron chi connectivity index (χ0n) is 22.4. The van der Waals surface area contributed by atoms with Crippen molar-refractivity contribution in [3.8, 4) is 17.2 Å². The maximum Gasteiger partial charge on any atom is 0.301 e. The van der Waals surface area contributed by atoms with E-state index >= 15 is 0 Å². The Morgan fingerprint density at radius 2 is 1.88 bits per heavy atom. The van der Waals surface area contributed by atoms with Gasteiger partial charge in [-0.2, -0.15) is 0 Å². The van der Waals surface area contributed by atoms with Crippen molar-refractivity contribution in [3.63, 3.8) is 0 Å². The second-order valence-corrected chi connectivity index (χ2v) is 10.9. The maximum atomic E-state index is 13.7. The van der Waals surface area contributed by atoms with Gasteiger partial charge in [-0.1, -0.05) is 36.5 Å². The maximum absolute atomic E-state index is 13.7. The number of aliphatic hydroxyl groups is 1. The van der Waals surface area contributed by atoms with Crippen LogP contribution in [0.4, 0.5) is 5.13 Å². The van der Waals surface area contributed by atoms with E-state index < -0.39 is 17.7 Å². The van der Waals surface area contributed by atoms with E-state index in [0.29, 0.717) is 53.3 Å². The number of ether oxygens (including phenoxy) is 3. The number of aromatic nitrogens is 1.